The van der Waals surface area contributed by atoms with Crippen molar-refractivity contribution in [2.45, 2.75) is 60.3 Å². The lowest BCUT2D eigenvalue weighted by atomic mass is 9.72. The zero-order valence-electron chi connectivity index (χ0n) is 14.1. The summed E-state index contributed by atoms with van der Waals surface area (Å²) < 4.78 is 0. The molecule has 0 bridgehead atoms. The average Bonchev–Trinajstić information content (AvgIpc) is 2.42. The first-order valence-electron chi connectivity index (χ1n) is 7.90. The van der Waals surface area contributed by atoms with Crippen molar-refractivity contribution in [3.8, 4) is 5.75 Å². The van der Waals surface area contributed by atoms with E-state index in [0.29, 0.717) is 5.75 Å². The van der Waals surface area contributed by atoms with Crippen LogP contribution < -0.4 is 0 Å². The molecule has 1 aliphatic carbocycles. The van der Waals surface area contributed by atoms with Gasteiger partial charge in [0.25, 0.3) is 0 Å². The van der Waals surface area contributed by atoms with E-state index in [1.165, 1.54) is 35.1 Å². The number of hydrogen-bond donors (Lipinski definition) is 1. The van der Waals surface area contributed by atoms with Crippen molar-refractivity contribution >= 4 is 6.08 Å². The number of aromatic hydroxyl groups is 1. The van der Waals surface area contributed by atoms with Gasteiger partial charge in [-0.1, -0.05) is 24.6 Å². The van der Waals surface area contributed by atoms with Gasteiger partial charge in [0.05, 0.1) is 0 Å². The van der Waals surface area contributed by atoms with Crippen molar-refractivity contribution in [3.05, 3.63) is 46.0 Å². The van der Waals surface area contributed by atoms with E-state index in [1.807, 2.05) is 13.8 Å². The summed E-state index contributed by atoms with van der Waals surface area (Å²) in [6, 6.07) is 0. The Bertz CT molecular complexity index is 607. The molecule has 1 atom stereocenters. The second kappa shape index (κ2) is 5.71. The number of phenolic OH excluding ortho intramolecular Hbond substituents is 1. The Kier molecular flexibility index (Phi) is 4.32. The predicted molar refractivity (Wildman–Crippen MR) is 91.8 cm³/mol. The molecule has 0 radical (unpaired) electrons. The SMILES string of the molecule is C=C(C)CCCC1(C)C=Cc2c(C)c(O)c(C)c(C)c2C1. The fraction of sp³-hybridized carbons (Fsp3) is 0.500. The van der Waals surface area contributed by atoms with E-state index < -0.39 is 0 Å². The Morgan fingerprint density at radius 2 is 1.90 bits per heavy atom. The van der Waals surface area contributed by atoms with Crippen LogP contribution in [0.5, 0.6) is 5.75 Å². The number of phenols is 1. The fourth-order valence-electron chi connectivity index (χ4n) is 3.41. The molecule has 0 aliphatic heterocycles. The van der Waals surface area contributed by atoms with Crippen molar-refractivity contribution in [2.24, 2.45) is 5.41 Å². The van der Waals surface area contributed by atoms with Crippen molar-refractivity contribution < 1.29 is 5.11 Å². The van der Waals surface area contributed by atoms with Crippen LogP contribution in [0.25, 0.3) is 6.08 Å². The smallest absolute Gasteiger partial charge is 0.122 e. The third-order valence-electron chi connectivity index (χ3n) is 5.04. The summed E-state index contributed by atoms with van der Waals surface area (Å²) in [6.45, 7) is 14.6. The van der Waals surface area contributed by atoms with E-state index in [9.17, 15) is 5.11 Å². The molecule has 0 saturated heterocycles. The minimum atomic E-state index is 0.225. The first-order chi connectivity index (χ1) is 9.75. The van der Waals surface area contributed by atoms with Gasteiger partial charge in [0.15, 0.2) is 0 Å². The standard InChI is InChI=1S/C20H28O/c1-13(2)8-7-10-20(6)11-9-17-16(5)19(21)15(4)14(3)18(17)12-20/h9,11,21H,1,7-8,10,12H2,2-6H3. The molecule has 0 amide bonds. The molecule has 2 rings (SSSR count). The highest BCUT2D eigenvalue weighted by atomic mass is 16.3. The van der Waals surface area contributed by atoms with Crippen LogP contribution in [-0.2, 0) is 6.42 Å². The molecule has 0 saturated carbocycles. The Morgan fingerprint density at radius 3 is 2.52 bits per heavy atom. The van der Waals surface area contributed by atoms with Gasteiger partial charge in [-0.15, -0.1) is 6.58 Å². The zero-order chi connectivity index (χ0) is 15.8. The van der Waals surface area contributed by atoms with Gasteiger partial charge in [0.1, 0.15) is 5.75 Å². The maximum absolute atomic E-state index is 10.2. The van der Waals surface area contributed by atoms with E-state index >= 15 is 0 Å². The summed E-state index contributed by atoms with van der Waals surface area (Å²) in [5, 5.41) is 10.2. The van der Waals surface area contributed by atoms with E-state index in [-0.39, 0.29) is 5.41 Å². The molecule has 21 heavy (non-hydrogen) atoms. The van der Waals surface area contributed by atoms with E-state index in [2.05, 4.69) is 39.5 Å². The maximum atomic E-state index is 10.2. The van der Waals surface area contributed by atoms with Crippen LogP contribution in [0.15, 0.2) is 18.2 Å². The van der Waals surface area contributed by atoms with E-state index in [0.717, 1.165) is 24.0 Å². The van der Waals surface area contributed by atoms with Gasteiger partial charge in [0, 0.05) is 0 Å². The van der Waals surface area contributed by atoms with E-state index in [1.54, 1.807) is 0 Å². The molecule has 0 spiro atoms. The molecule has 1 N–H and O–H groups in total. The van der Waals surface area contributed by atoms with Crippen molar-refractivity contribution in [1.29, 1.82) is 0 Å². The molecule has 1 unspecified atom stereocenters. The van der Waals surface area contributed by atoms with Gasteiger partial charge in [-0.25, -0.2) is 0 Å². The maximum Gasteiger partial charge on any atom is 0.122 e. The van der Waals surface area contributed by atoms with Gasteiger partial charge in [-0.2, -0.15) is 0 Å². The lowest BCUT2D eigenvalue weighted by Gasteiger charge is -2.33. The van der Waals surface area contributed by atoms with Gasteiger partial charge >= 0.3 is 0 Å². The predicted octanol–water partition coefficient (Wildman–Crippen LogP) is 5.64. The summed E-state index contributed by atoms with van der Waals surface area (Å²) in [5.41, 5.74) is 7.45. The lowest BCUT2D eigenvalue weighted by molar-refractivity contribution is 0.372. The fourth-order valence-corrected chi connectivity index (χ4v) is 3.41. The van der Waals surface area contributed by atoms with Crippen LogP contribution in [-0.4, -0.2) is 5.11 Å². The van der Waals surface area contributed by atoms with Crippen LogP contribution in [0.1, 0.15) is 60.9 Å². The van der Waals surface area contributed by atoms with Crippen molar-refractivity contribution in [2.75, 3.05) is 0 Å². The topological polar surface area (TPSA) is 20.2 Å². The third kappa shape index (κ3) is 3.07. The lowest BCUT2D eigenvalue weighted by Crippen LogP contribution is -2.22. The van der Waals surface area contributed by atoms with Crippen LogP contribution in [0.3, 0.4) is 0 Å². The molecule has 0 heterocycles. The number of rotatable bonds is 4. The highest BCUT2D eigenvalue weighted by Gasteiger charge is 2.28. The molecular formula is C20H28O. The highest BCUT2D eigenvalue weighted by Crippen LogP contribution is 2.42. The molecule has 1 nitrogen and oxygen atoms in total. The second-order valence-electron chi connectivity index (χ2n) is 7.09. The van der Waals surface area contributed by atoms with Crippen LogP contribution in [0.4, 0.5) is 0 Å². The number of hydrogen-bond acceptors (Lipinski definition) is 1. The Hall–Kier alpha value is -1.50. The zero-order valence-corrected chi connectivity index (χ0v) is 14.1. The third-order valence-corrected chi connectivity index (χ3v) is 5.04. The molecule has 114 valence electrons. The molecule has 0 fully saturated rings. The Labute approximate surface area is 129 Å². The van der Waals surface area contributed by atoms with Gasteiger partial charge in [-0.05, 0) is 86.6 Å². The molecular weight excluding hydrogens is 256 g/mol. The highest BCUT2D eigenvalue weighted by molar-refractivity contribution is 5.68. The number of benzene rings is 1. The van der Waals surface area contributed by atoms with Crippen LogP contribution in [0, 0.1) is 26.2 Å². The minimum absolute atomic E-state index is 0.225. The minimum Gasteiger partial charge on any atom is -0.507 e. The molecule has 0 aromatic heterocycles. The van der Waals surface area contributed by atoms with Gasteiger partial charge in [-0.3, -0.25) is 0 Å². The number of fused-ring (bicyclic) bond motifs is 1. The Balaban J connectivity index is 2.31. The summed E-state index contributed by atoms with van der Waals surface area (Å²) in [6.07, 6.45) is 9.14. The molecule has 1 heteroatoms. The monoisotopic (exact) mass is 284 g/mol. The first kappa shape index (κ1) is 15.9. The van der Waals surface area contributed by atoms with Gasteiger partial charge < -0.3 is 5.11 Å². The first-order valence-corrected chi connectivity index (χ1v) is 7.90. The summed E-state index contributed by atoms with van der Waals surface area (Å²) in [5.74, 6) is 0.460. The van der Waals surface area contributed by atoms with Crippen LogP contribution >= 0.6 is 0 Å². The molecule has 1 aromatic carbocycles. The normalized spacial score (nSPS) is 20.4. The van der Waals surface area contributed by atoms with Crippen LogP contribution in [0.2, 0.25) is 0 Å². The summed E-state index contributed by atoms with van der Waals surface area (Å²) in [7, 11) is 0. The van der Waals surface area contributed by atoms with E-state index in [4.69, 9.17) is 0 Å². The average molecular weight is 284 g/mol. The quantitative estimate of drug-likeness (QED) is 0.709. The second-order valence-corrected chi connectivity index (χ2v) is 7.09. The summed E-state index contributed by atoms with van der Waals surface area (Å²) >= 11 is 0. The number of allylic oxidation sites excluding steroid dienone is 2. The van der Waals surface area contributed by atoms with Gasteiger partial charge in [0.2, 0.25) is 0 Å². The molecule has 1 aliphatic rings. The summed E-state index contributed by atoms with van der Waals surface area (Å²) in [4.78, 5) is 0. The molecule has 1 aromatic rings. The Morgan fingerprint density at radius 1 is 1.24 bits per heavy atom. The van der Waals surface area contributed by atoms with Crippen molar-refractivity contribution in [3.63, 3.8) is 0 Å². The van der Waals surface area contributed by atoms with Crippen molar-refractivity contribution in [1.82, 2.24) is 0 Å². The largest absolute Gasteiger partial charge is 0.507 e.